The SMILES string of the molecule is CC(NC(C)(C)CO)C(=O)NCC(F)(F)F. The van der Waals surface area contributed by atoms with Gasteiger partial charge in [-0.25, -0.2) is 0 Å². The van der Waals surface area contributed by atoms with Gasteiger partial charge in [0.25, 0.3) is 0 Å². The Morgan fingerprint density at radius 2 is 1.88 bits per heavy atom. The van der Waals surface area contributed by atoms with Gasteiger partial charge in [0.2, 0.25) is 5.91 Å². The lowest BCUT2D eigenvalue weighted by atomic mass is 10.1. The van der Waals surface area contributed by atoms with Gasteiger partial charge >= 0.3 is 6.18 Å². The Hall–Kier alpha value is -0.820. The normalized spacial score (nSPS) is 14.7. The van der Waals surface area contributed by atoms with Crippen molar-refractivity contribution in [2.45, 2.75) is 38.5 Å². The van der Waals surface area contributed by atoms with Gasteiger partial charge in [-0.05, 0) is 20.8 Å². The first-order chi connectivity index (χ1) is 7.07. The van der Waals surface area contributed by atoms with Crippen LogP contribution in [-0.4, -0.2) is 41.9 Å². The molecule has 0 aromatic carbocycles. The van der Waals surface area contributed by atoms with Gasteiger partial charge in [-0.3, -0.25) is 10.1 Å². The fourth-order valence-corrected chi connectivity index (χ4v) is 1.04. The van der Waals surface area contributed by atoms with Gasteiger partial charge < -0.3 is 10.4 Å². The Kier molecular flexibility index (Phi) is 5.21. The van der Waals surface area contributed by atoms with Crippen molar-refractivity contribution in [3.8, 4) is 0 Å². The van der Waals surface area contributed by atoms with Gasteiger partial charge in [0.1, 0.15) is 6.54 Å². The molecule has 0 saturated heterocycles. The standard InChI is InChI=1S/C9H17F3N2O2/c1-6(14-8(2,3)5-15)7(16)13-4-9(10,11)12/h6,14-15H,4-5H2,1-3H3,(H,13,16). The molecule has 0 aromatic rings. The summed E-state index contributed by atoms with van der Waals surface area (Å²) in [4.78, 5) is 11.2. The van der Waals surface area contributed by atoms with Crippen LogP contribution in [0.1, 0.15) is 20.8 Å². The summed E-state index contributed by atoms with van der Waals surface area (Å²) in [6, 6.07) is -0.801. The highest BCUT2D eigenvalue weighted by atomic mass is 19.4. The lowest BCUT2D eigenvalue weighted by Crippen LogP contribution is -2.54. The number of alkyl halides is 3. The summed E-state index contributed by atoms with van der Waals surface area (Å²) in [7, 11) is 0. The molecular formula is C9H17F3N2O2. The molecule has 0 heterocycles. The van der Waals surface area contributed by atoms with Crippen LogP contribution in [-0.2, 0) is 4.79 Å². The summed E-state index contributed by atoms with van der Waals surface area (Å²) in [6.45, 7) is 3.14. The number of rotatable bonds is 5. The van der Waals surface area contributed by atoms with Crippen LogP contribution in [0.3, 0.4) is 0 Å². The van der Waals surface area contributed by atoms with Crippen LogP contribution in [0.5, 0.6) is 0 Å². The van der Waals surface area contributed by atoms with E-state index in [0.717, 1.165) is 0 Å². The number of hydrogen-bond acceptors (Lipinski definition) is 3. The van der Waals surface area contributed by atoms with E-state index < -0.39 is 30.2 Å². The predicted molar refractivity (Wildman–Crippen MR) is 52.8 cm³/mol. The average molecular weight is 242 g/mol. The van der Waals surface area contributed by atoms with Crippen molar-refractivity contribution in [3.05, 3.63) is 0 Å². The Morgan fingerprint density at radius 1 is 1.38 bits per heavy atom. The van der Waals surface area contributed by atoms with Crippen molar-refractivity contribution in [2.24, 2.45) is 0 Å². The van der Waals surface area contributed by atoms with Crippen LogP contribution in [0.2, 0.25) is 0 Å². The van der Waals surface area contributed by atoms with E-state index in [0.29, 0.717) is 0 Å². The molecule has 0 saturated carbocycles. The molecule has 16 heavy (non-hydrogen) atoms. The van der Waals surface area contributed by atoms with Crippen molar-refractivity contribution in [1.29, 1.82) is 0 Å². The number of aliphatic hydroxyl groups excluding tert-OH is 1. The minimum atomic E-state index is -4.41. The minimum Gasteiger partial charge on any atom is -0.394 e. The third kappa shape index (κ3) is 6.62. The number of nitrogens with one attached hydrogen (secondary N) is 2. The Balaban J connectivity index is 4.10. The van der Waals surface area contributed by atoms with Gasteiger partial charge in [-0.15, -0.1) is 0 Å². The molecule has 0 aliphatic heterocycles. The Bertz CT molecular complexity index is 241. The Morgan fingerprint density at radius 3 is 2.25 bits per heavy atom. The maximum absolute atomic E-state index is 11.8. The first-order valence-electron chi connectivity index (χ1n) is 4.80. The summed E-state index contributed by atoms with van der Waals surface area (Å²) in [5, 5.41) is 13.4. The molecule has 1 atom stereocenters. The lowest BCUT2D eigenvalue weighted by molar-refractivity contribution is -0.139. The van der Waals surface area contributed by atoms with E-state index in [9.17, 15) is 18.0 Å². The zero-order chi connectivity index (χ0) is 13.0. The van der Waals surface area contributed by atoms with E-state index in [-0.39, 0.29) is 6.61 Å². The third-order valence-corrected chi connectivity index (χ3v) is 1.86. The fourth-order valence-electron chi connectivity index (χ4n) is 1.04. The van der Waals surface area contributed by atoms with Crippen LogP contribution in [0.25, 0.3) is 0 Å². The van der Waals surface area contributed by atoms with Crippen molar-refractivity contribution < 1.29 is 23.1 Å². The molecule has 0 aromatic heterocycles. The summed E-state index contributed by atoms with van der Waals surface area (Å²) < 4.78 is 35.4. The summed E-state index contributed by atoms with van der Waals surface area (Å²) in [6.07, 6.45) is -4.41. The van der Waals surface area contributed by atoms with Crippen LogP contribution in [0.4, 0.5) is 13.2 Å². The topological polar surface area (TPSA) is 61.4 Å². The second-order valence-electron chi connectivity index (χ2n) is 4.24. The molecule has 96 valence electrons. The summed E-state index contributed by atoms with van der Waals surface area (Å²) >= 11 is 0. The number of carbonyl (C=O) groups excluding carboxylic acids is 1. The molecule has 4 nitrogen and oxygen atoms in total. The maximum Gasteiger partial charge on any atom is 0.405 e. The second-order valence-corrected chi connectivity index (χ2v) is 4.24. The molecule has 3 N–H and O–H groups in total. The van der Waals surface area contributed by atoms with E-state index in [1.165, 1.54) is 6.92 Å². The molecule has 0 spiro atoms. The van der Waals surface area contributed by atoms with E-state index in [1.807, 2.05) is 0 Å². The largest absolute Gasteiger partial charge is 0.405 e. The third-order valence-electron chi connectivity index (χ3n) is 1.86. The predicted octanol–water partition coefficient (Wildman–Crippen LogP) is 0.414. The number of halogens is 3. The number of hydrogen-bond donors (Lipinski definition) is 3. The molecule has 7 heteroatoms. The van der Waals surface area contributed by atoms with Gasteiger partial charge in [-0.1, -0.05) is 0 Å². The van der Waals surface area contributed by atoms with Gasteiger partial charge in [0.15, 0.2) is 0 Å². The average Bonchev–Trinajstić information content (AvgIpc) is 2.12. The van der Waals surface area contributed by atoms with E-state index in [1.54, 1.807) is 19.2 Å². The molecule has 0 bridgehead atoms. The van der Waals surface area contributed by atoms with E-state index in [4.69, 9.17) is 5.11 Å². The van der Waals surface area contributed by atoms with Crippen molar-refractivity contribution >= 4 is 5.91 Å². The van der Waals surface area contributed by atoms with Gasteiger partial charge in [-0.2, -0.15) is 13.2 Å². The highest BCUT2D eigenvalue weighted by Crippen LogP contribution is 2.12. The molecule has 0 radical (unpaired) electrons. The van der Waals surface area contributed by atoms with Crippen LogP contribution in [0.15, 0.2) is 0 Å². The maximum atomic E-state index is 11.8. The van der Waals surface area contributed by atoms with Gasteiger partial charge in [0.05, 0.1) is 12.6 Å². The fraction of sp³-hybridized carbons (Fsp3) is 0.889. The molecule has 1 unspecified atom stereocenters. The van der Waals surface area contributed by atoms with Crippen molar-refractivity contribution in [1.82, 2.24) is 10.6 Å². The first-order valence-corrected chi connectivity index (χ1v) is 4.80. The zero-order valence-corrected chi connectivity index (χ0v) is 9.48. The minimum absolute atomic E-state index is 0.218. The lowest BCUT2D eigenvalue weighted by Gasteiger charge is -2.27. The quantitative estimate of drug-likeness (QED) is 0.654. The monoisotopic (exact) mass is 242 g/mol. The molecule has 0 aliphatic rings. The highest BCUT2D eigenvalue weighted by Gasteiger charge is 2.29. The summed E-state index contributed by atoms with van der Waals surface area (Å²) in [5.74, 6) is -0.751. The van der Waals surface area contributed by atoms with Crippen LogP contribution >= 0.6 is 0 Å². The summed E-state index contributed by atoms with van der Waals surface area (Å²) in [5.41, 5.74) is -0.713. The smallest absolute Gasteiger partial charge is 0.394 e. The number of amides is 1. The zero-order valence-electron chi connectivity index (χ0n) is 9.48. The van der Waals surface area contributed by atoms with Crippen molar-refractivity contribution in [2.75, 3.05) is 13.2 Å². The van der Waals surface area contributed by atoms with E-state index >= 15 is 0 Å². The first kappa shape index (κ1) is 15.2. The molecule has 0 fully saturated rings. The van der Waals surface area contributed by atoms with E-state index in [2.05, 4.69) is 5.32 Å². The number of aliphatic hydroxyl groups is 1. The Labute approximate surface area is 92.2 Å². The van der Waals surface area contributed by atoms with Crippen LogP contribution < -0.4 is 10.6 Å². The van der Waals surface area contributed by atoms with Crippen molar-refractivity contribution in [3.63, 3.8) is 0 Å². The molecular weight excluding hydrogens is 225 g/mol. The number of carbonyl (C=O) groups is 1. The second kappa shape index (κ2) is 5.49. The van der Waals surface area contributed by atoms with Crippen LogP contribution in [0, 0.1) is 0 Å². The molecule has 0 rings (SSSR count). The van der Waals surface area contributed by atoms with Gasteiger partial charge in [0, 0.05) is 5.54 Å². The molecule has 1 amide bonds. The molecule has 0 aliphatic carbocycles. The highest BCUT2D eigenvalue weighted by molar-refractivity contribution is 5.81.